The smallest absolute Gasteiger partial charge is 0.253 e. The van der Waals surface area contributed by atoms with Crippen molar-refractivity contribution >= 4 is 29.1 Å². The number of nitrogens with zero attached hydrogens (tertiary/aromatic N) is 1. The van der Waals surface area contributed by atoms with E-state index in [1.807, 2.05) is 0 Å². The second-order valence-corrected chi connectivity index (χ2v) is 4.78. The summed E-state index contributed by atoms with van der Waals surface area (Å²) in [5.41, 5.74) is 11.7. The Morgan fingerprint density at radius 3 is 2.67 bits per heavy atom. The van der Waals surface area contributed by atoms with Crippen LogP contribution in [0.2, 0.25) is 5.02 Å². The van der Waals surface area contributed by atoms with Crippen LogP contribution in [0.4, 0.5) is 5.69 Å². The maximum absolute atomic E-state index is 12.2. The highest BCUT2D eigenvalue weighted by Crippen LogP contribution is 2.23. The summed E-state index contributed by atoms with van der Waals surface area (Å²) >= 11 is 5.87. The van der Waals surface area contributed by atoms with Crippen molar-refractivity contribution in [2.24, 2.45) is 11.7 Å². The van der Waals surface area contributed by atoms with Gasteiger partial charge in [-0.3, -0.25) is 9.59 Å². The van der Waals surface area contributed by atoms with Gasteiger partial charge in [-0.1, -0.05) is 11.6 Å². The quantitative estimate of drug-likeness (QED) is 0.779. The highest BCUT2D eigenvalue weighted by atomic mass is 35.5. The first-order chi connectivity index (χ1) is 8.49. The molecule has 1 fully saturated rings. The normalized spacial score (nSPS) is 18.9. The van der Waals surface area contributed by atoms with E-state index in [0.29, 0.717) is 35.8 Å². The van der Waals surface area contributed by atoms with Gasteiger partial charge in [0.2, 0.25) is 5.91 Å². The van der Waals surface area contributed by atoms with Crippen molar-refractivity contribution in [1.82, 2.24) is 4.90 Å². The minimum absolute atomic E-state index is 0.152. The molecule has 1 heterocycles. The molecule has 1 aromatic carbocycles. The van der Waals surface area contributed by atoms with Crippen LogP contribution < -0.4 is 11.5 Å². The maximum atomic E-state index is 12.2. The summed E-state index contributed by atoms with van der Waals surface area (Å²) in [4.78, 5) is 24.8. The molecule has 1 saturated heterocycles. The van der Waals surface area contributed by atoms with Crippen molar-refractivity contribution in [2.75, 3.05) is 18.8 Å². The molecule has 6 heteroatoms. The molecule has 1 aliphatic rings. The molecule has 96 valence electrons. The number of amides is 2. The molecule has 4 N–H and O–H groups in total. The van der Waals surface area contributed by atoms with Crippen molar-refractivity contribution in [3.8, 4) is 0 Å². The predicted octanol–water partition coefficient (Wildman–Crippen LogP) is 0.870. The topological polar surface area (TPSA) is 89.4 Å². The number of benzene rings is 1. The molecule has 0 radical (unpaired) electrons. The third-order valence-electron chi connectivity index (χ3n) is 3.13. The third kappa shape index (κ3) is 2.41. The molecule has 0 saturated carbocycles. The molecule has 1 aliphatic heterocycles. The largest absolute Gasteiger partial charge is 0.398 e. The van der Waals surface area contributed by atoms with E-state index in [4.69, 9.17) is 23.1 Å². The average molecular weight is 268 g/mol. The van der Waals surface area contributed by atoms with Crippen LogP contribution in [-0.4, -0.2) is 29.8 Å². The van der Waals surface area contributed by atoms with E-state index in [2.05, 4.69) is 0 Å². The first-order valence-electron chi connectivity index (χ1n) is 5.62. The highest BCUT2D eigenvalue weighted by Gasteiger charge is 2.30. The van der Waals surface area contributed by atoms with Crippen LogP contribution in [0.25, 0.3) is 0 Å². The van der Waals surface area contributed by atoms with Crippen LogP contribution in [0.15, 0.2) is 18.2 Å². The first-order valence-corrected chi connectivity index (χ1v) is 6.00. The summed E-state index contributed by atoms with van der Waals surface area (Å²) in [7, 11) is 0. The fraction of sp³-hybridized carbons (Fsp3) is 0.333. The number of nitrogen functional groups attached to an aromatic ring is 1. The second kappa shape index (κ2) is 4.86. The van der Waals surface area contributed by atoms with Gasteiger partial charge in [-0.15, -0.1) is 0 Å². The van der Waals surface area contributed by atoms with Gasteiger partial charge in [-0.25, -0.2) is 0 Å². The Bertz CT molecular complexity index is 504. The average Bonchev–Trinajstić information content (AvgIpc) is 2.81. The van der Waals surface area contributed by atoms with Crippen LogP contribution >= 0.6 is 11.6 Å². The van der Waals surface area contributed by atoms with E-state index < -0.39 is 0 Å². The van der Waals surface area contributed by atoms with Gasteiger partial charge in [0, 0.05) is 18.7 Å². The van der Waals surface area contributed by atoms with Gasteiger partial charge < -0.3 is 16.4 Å². The number of anilines is 1. The lowest BCUT2D eigenvalue weighted by Gasteiger charge is -2.16. The standard InChI is InChI=1S/C12H14ClN3O2/c13-9-5-7(1-2-10(9)14)12(18)16-4-3-8(6-16)11(15)17/h1-2,5,8H,3-4,6,14H2,(H2,15,17). The predicted molar refractivity (Wildman–Crippen MR) is 69.1 cm³/mol. The number of carbonyl (C=O) groups excluding carboxylic acids is 2. The van der Waals surface area contributed by atoms with Crippen LogP contribution in [0, 0.1) is 5.92 Å². The van der Waals surface area contributed by atoms with Gasteiger partial charge in [0.25, 0.3) is 5.91 Å². The molecule has 2 amide bonds. The lowest BCUT2D eigenvalue weighted by atomic mass is 10.1. The number of carbonyl (C=O) groups is 2. The highest BCUT2D eigenvalue weighted by molar-refractivity contribution is 6.33. The monoisotopic (exact) mass is 267 g/mol. The van der Waals surface area contributed by atoms with Gasteiger partial charge in [-0.2, -0.15) is 0 Å². The summed E-state index contributed by atoms with van der Waals surface area (Å²) in [5, 5.41) is 0.353. The van der Waals surface area contributed by atoms with E-state index in [1.54, 1.807) is 17.0 Å². The zero-order valence-corrected chi connectivity index (χ0v) is 10.5. The molecule has 0 aliphatic carbocycles. The summed E-state index contributed by atoms with van der Waals surface area (Å²) in [5.74, 6) is -0.764. The summed E-state index contributed by atoms with van der Waals surface area (Å²) < 4.78 is 0. The molecule has 5 nitrogen and oxygen atoms in total. The molecule has 1 aromatic rings. The van der Waals surface area contributed by atoms with Crippen LogP contribution in [0.3, 0.4) is 0 Å². The van der Waals surface area contributed by atoms with Crippen molar-refractivity contribution in [3.63, 3.8) is 0 Å². The van der Waals surface area contributed by atoms with E-state index in [9.17, 15) is 9.59 Å². The van der Waals surface area contributed by atoms with Crippen LogP contribution in [0.1, 0.15) is 16.8 Å². The SMILES string of the molecule is NC(=O)C1CCN(C(=O)c2ccc(N)c(Cl)c2)C1. The Morgan fingerprint density at radius 2 is 2.11 bits per heavy atom. The zero-order valence-electron chi connectivity index (χ0n) is 9.73. The summed E-state index contributed by atoms with van der Waals surface area (Å²) in [6.45, 7) is 0.907. The Labute approximate surface area is 110 Å². The molecule has 0 bridgehead atoms. The molecule has 1 atom stereocenters. The van der Waals surface area contributed by atoms with Gasteiger partial charge in [-0.05, 0) is 24.6 Å². The van der Waals surface area contributed by atoms with Gasteiger partial charge >= 0.3 is 0 Å². The van der Waals surface area contributed by atoms with E-state index >= 15 is 0 Å². The molecule has 2 rings (SSSR count). The number of nitrogens with two attached hydrogens (primary N) is 2. The van der Waals surface area contributed by atoms with Crippen molar-refractivity contribution in [1.29, 1.82) is 0 Å². The number of hydrogen-bond donors (Lipinski definition) is 2. The summed E-state index contributed by atoms with van der Waals surface area (Å²) in [6, 6.07) is 4.76. The van der Waals surface area contributed by atoms with E-state index in [1.165, 1.54) is 6.07 Å². The van der Waals surface area contributed by atoms with Crippen LogP contribution in [-0.2, 0) is 4.79 Å². The lowest BCUT2D eigenvalue weighted by Crippen LogP contribution is -2.31. The van der Waals surface area contributed by atoms with Crippen molar-refractivity contribution in [2.45, 2.75) is 6.42 Å². The Balaban J connectivity index is 2.12. The van der Waals surface area contributed by atoms with E-state index in [-0.39, 0.29) is 17.7 Å². The molecule has 0 spiro atoms. The Morgan fingerprint density at radius 1 is 1.39 bits per heavy atom. The van der Waals surface area contributed by atoms with Gasteiger partial charge in [0.15, 0.2) is 0 Å². The number of halogens is 1. The lowest BCUT2D eigenvalue weighted by molar-refractivity contribution is -0.121. The third-order valence-corrected chi connectivity index (χ3v) is 3.45. The minimum Gasteiger partial charge on any atom is -0.398 e. The molecule has 0 aromatic heterocycles. The zero-order chi connectivity index (χ0) is 13.3. The van der Waals surface area contributed by atoms with Gasteiger partial charge in [0.05, 0.1) is 16.6 Å². The number of hydrogen-bond acceptors (Lipinski definition) is 3. The van der Waals surface area contributed by atoms with Gasteiger partial charge in [0.1, 0.15) is 0 Å². The molecular formula is C12H14ClN3O2. The Hall–Kier alpha value is -1.75. The fourth-order valence-electron chi connectivity index (χ4n) is 2.02. The number of likely N-dealkylation sites (tertiary alicyclic amines) is 1. The Kier molecular flexibility index (Phi) is 3.43. The second-order valence-electron chi connectivity index (χ2n) is 4.38. The van der Waals surface area contributed by atoms with Crippen molar-refractivity contribution < 1.29 is 9.59 Å². The van der Waals surface area contributed by atoms with E-state index in [0.717, 1.165) is 0 Å². The number of primary amides is 1. The van der Waals surface area contributed by atoms with Crippen LogP contribution in [0.5, 0.6) is 0 Å². The van der Waals surface area contributed by atoms with Crippen molar-refractivity contribution in [3.05, 3.63) is 28.8 Å². The summed E-state index contributed by atoms with van der Waals surface area (Å²) in [6.07, 6.45) is 0.615. The number of rotatable bonds is 2. The first kappa shape index (κ1) is 12.7. The molecule has 18 heavy (non-hydrogen) atoms. The minimum atomic E-state index is -0.361. The molecule has 1 unspecified atom stereocenters. The molecular weight excluding hydrogens is 254 g/mol. The maximum Gasteiger partial charge on any atom is 0.253 e. The fourth-order valence-corrected chi connectivity index (χ4v) is 2.20.